The Morgan fingerprint density at radius 2 is 1.92 bits per heavy atom. The second-order valence-corrected chi connectivity index (χ2v) is 7.24. The van der Waals surface area contributed by atoms with E-state index in [1.165, 1.54) is 5.56 Å². The summed E-state index contributed by atoms with van der Waals surface area (Å²) in [5, 5.41) is 3.31. The van der Waals surface area contributed by atoms with Crippen molar-refractivity contribution in [1.82, 2.24) is 10.3 Å². The first kappa shape index (κ1) is 16.3. The fourth-order valence-corrected chi connectivity index (χ4v) is 3.75. The highest BCUT2D eigenvalue weighted by Crippen LogP contribution is 2.49. The second-order valence-electron chi connectivity index (χ2n) is 7.24. The van der Waals surface area contributed by atoms with Gasteiger partial charge in [-0.25, -0.2) is 0 Å². The topological polar surface area (TPSA) is 51.2 Å². The molecule has 1 saturated carbocycles. The van der Waals surface area contributed by atoms with Crippen LogP contribution >= 0.6 is 0 Å². The smallest absolute Gasteiger partial charge is 0.226 e. The van der Waals surface area contributed by atoms with E-state index in [0.717, 1.165) is 44.3 Å². The van der Waals surface area contributed by atoms with E-state index in [-0.39, 0.29) is 23.5 Å². The minimum absolute atomic E-state index is 0.0388. The number of pyridine rings is 1. The molecule has 0 spiro atoms. The Labute approximate surface area is 148 Å². The number of nitrogens with one attached hydrogen (secondary N) is 1. The zero-order valence-corrected chi connectivity index (χ0v) is 14.4. The first-order valence-corrected chi connectivity index (χ1v) is 9.13. The van der Waals surface area contributed by atoms with E-state index < -0.39 is 0 Å². The molecule has 0 radical (unpaired) electrons. The van der Waals surface area contributed by atoms with Gasteiger partial charge >= 0.3 is 0 Å². The molecule has 2 fully saturated rings. The maximum absolute atomic E-state index is 13.0. The van der Waals surface area contributed by atoms with Gasteiger partial charge in [-0.1, -0.05) is 30.3 Å². The zero-order valence-electron chi connectivity index (χ0n) is 14.4. The third-order valence-electron chi connectivity index (χ3n) is 5.39. The average molecular weight is 336 g/mol. The van der Waals surface area contributed by atoms with E-state index in [9.17, 15) is 4.79 Å². The number of aromatic nitrogens is 1. The predicted octanol–water partition coefficient (Wildman–Crippen LogP) is 3.44. The molecular weight excluding hydrogens is 312 g/mol. The summed E-state index contributed by atoms with van der Waals surface area (Å²) in [6, 6.07) is 14.3. The van der Waals surface area contributed by atoms with Crippen molar-refractivity contribution in [1.29, 1.82) is 0 Å². The maximum atomic E-state index is 13.0. The Morgan fingerprint density at radius 1 is 1.16 bits per heavy atom. The van der Waals surface area contributed by atoms with Gasteiger partial charge in [0.15, 0.2) is 0 Å². The molecule has 1 saturated heterocycles. The van der Waals surface area contributed by atoms with Gasteiger partial charge in [0, 0.05) is 19.0 Å². The lowest BCUT2D eigenvalue weighted by Gasteiger charge is -2.33. The summed E-state index contributed by atoms with van der Waals surface area (Å²) < 4.78 is 5.99. The molecule has 2 aliphatic rings. The fourth-order valence-electron chi connectivity index (χ4n) is 3.75. The van der Waals surface area contributed by atoms with Crippen LogP contribution in [-0.4, -0.2) is 23.5 Å². The molecular formula is C21H24N2O2. The zero-order chi connectivity index (χ0) is 17.1. The SMILES string of the molecule is O=C(N[C@H]1CCCO[C@@H]1c1ccncc1)C1(Cc2ccccc2)CC1. The Kier molecular flexibility index (Phi) is 4.53. The highest BCUT2D eigenvalue weighted by Gasteiger charge is 2.50. The highest BCUT2D eigenvalue weighted by molar-refractivity contribution is 5.86. The molecule has 4 nitrogen and oxygen atoms in total. The van der Waals surface area contributed by atoms with Crippen LogP contribution < -0.4 is 5.32 Å². The van der Waals surface area contributed by atoms with Crippen molar-refractivity contribution >= 4 is 5.91 Å². The summed E-state index contributed by atoms with van der Waals surface area (Å²) in [6.45, 7) is 0.745. The van der Waals surface area contributed by atoms with Gasteiger partial charge in [0.2, 0.25) is 5.91 Å². The van der Waals surface area contributed by atoms with Gasteiger partial charge in [-0.15, -0.1) is 0 Å². The van der Waals surface area contributed by atoms with Crippen LogP contribution in [0.5, 0.6) is 0 Å². The van der Waals surface area contributed by atoms with Crippen LogP contribution in [0.15, 0.2) is 54.9 Å². The lowest BCUT2D eigenvalue weighted by atomic mass is 9.92. The van der Waals surface area contributed by atoms with Crippen molar-refractivity contribution in [2.45, 2.75) is 44.2 Å². The average Bonchev–Trinajstić information content (AvgIpc) is 3.44. The molecule has 1 aromatic heterocycles. The molecule has 130 valence electrons. The number of hydrogen-bond donors (Lipinski definition) is 1. The number of benzene rings is 1. The standard InChI is InChI=1S/C21H24N2O2/c24-20(21(10-11-21)15-16-5-2-1-3-6-16)23-18-7-4-14-25-19(18)17-8-12-22-13-9-17/h1-3,5-6,8-9,12-13,18-19H,4,7,10-11,14-15H2,(H,23,24)/t18-,19+/m0/s1. The number of amides is 1. The monoisotopic (exact) mass is 336 g/mol. The van der Waals surface area contributed by atoms with Crippen LogP contribution in [0.2, 0.25) is 0 Å². The van der Waals surface area contributed by atoms with Crippen molar-refractivity contribution in [2.24, 2.45) is 5.41 Å². The van der Waals surface area contributed by atoms with Gasteiger partial charge in [-0.05, 0) is 55.4 Å². The molecule has 0 bridgehead atoms. The molecule has 2 heterocycles. The highest BCUT2D eigenvalue weighted by atomic mass is 16.5. The number of ether oxygens (including phenoxy) is 1. The molecule has 4 heteroatoms. The lowest BCUT2D eigenvalue weighted by molar-refractivity contribution is -0.129. The normalized spacial score (nSPS) is 24.5. The van der Waals surface area contributed by atoms with E-state index >= 15 is 0 Å². The van der Waals surface area contributed by atoms with E-state index in [1.807, 2.05) is 30.3 Å². The van der Waals surface area contributed by atoms with Crippen molar-refractivity contribution < 1.29 is 9.53 Å². The predicted molar refractivity (Wildman–Crippen MR) is 95.9 cm³/mol. The number of carbonyl (C=O) groups is 1. The fraction of sp³-hybridized carbons (Fsp3) is 0.429. The van der Waals surface area contributed by atoms with Crippen molar-refractivity contribution in [3.63, 3.8) is 0 Å². The van der Waals surface area contributed by atoms with Crippen molar-refractivity contribution in [3.05, 3.63) is 66.0 Å². The summed E-state index contributed by atoms with van der Waals surface area (Å²) in [7, 11) is 0. The Balaban J connectivity index is 1.45. The van der Waals surface area contributed by atoms with Crippen molar-refractivity contribution in [3.8, 4) is 0 Å². The molecule has 1 aromatic carbocycles. The van der Waals surface area contributed by atoms with Crippen molar-refractivity contribution in [2.75, 3.05) is 6.61 Å². The first-order valence-electron chi connectivity index (χ1n) is 9.13. The van der Waals surface area contributed by atoms with E-state index in [1.54, 1.807) is 12.4 Å². The number of nitrogens with zero attached hydrogens (tertiary/aromatic N) is 1. The third-order valence-corrected chi connectivity index (χ3v) is 5.39. The Morgan fingerprint density at radius 3 is 2.64 bits per heavy atom. The van der Waals surface area contributed by atoms with E-state index in [2.05, 4.69) is 22.4 Å². The van der Waals surface area contributed by atoms with Crippen LogP contribution in [0.25, 0.3) is 0 Å². The minimum atomic E-state index is -0.221. The van der Waals surface area contributed by atoms with Crippen LogP contribution in [0.3, 0.4) is 0 Å². The van der Waals surface area contributed by atoms with Gasteiger partial charge < -0.3 is 10.1 Å². The number of hydrogen-bond acceptors (Lipinski definition) is 3. The number of rotatable bonds is 5. The van der Waals surface area contributed by atoms with Gasteiger partial charge in [-0.2, -0.15) is 0 Å². The lowest BCUT2D eigenvalue weighted by Crippen LogP contribution is -2.46. The maximum Gasteiger partial charge on any atom is 0.226 e. The van der Waals surface area contributed by atoms with Gasteiger partial charge in [0.05, 0.1) is 11.5 Å². The van der Waals surface area contributed by atoms with E-state index in [4.69, 9.17) is 4.74 Å². The first-order chi connectivity index (χ1) is 12.3. The largest absolute Gasteiger partial charge is 0.371 e. The van der Waals surface area contributed by atoms with Gasteiger partial charge in [0.25, 0.3) is 0 Å². The summed E-state index contributed by atoms with van der Waals surface area (Å²) in [5.41, 5.74) is 2.11. The van der Waals surface area contributed by atoms with E-state index in [0.29, 0.717) is 0 Å². The minimum Gasteiger partial charge on any atom is -0.371 e. The molecule has 25 heavy (non-hydrogen) atoms. The second kappa shape index (κ2) is 6.96. The quantitative estimate of drug-likeness (QED) is 0.910. The summed E-state index contributed by atoms with van der Waals surface area (Å²) in [6.07, 6.45) is 8.20. The molecule has 1 aliphatic carbocycles. The molecule has 2 aromatic rings. The molecule has 2 atom stereocenters. The molecule has 4 rings (SSSR count). The van der Waals surface area contributed by atoms with Gasteiger partial charge in [-0.3, -0.25) is 9.78 Å². The third kappa shape index (κ3) is 3.59. The summed E-state index contributed by atoms with van der Waals surface area (Å²) in [4.78, 5) is 17.1. The Hall–Kier alpha value is -2.20. The number of carbonyl (C=O) groups excluding carboxylic acids is 1. The molecule has 1 N–H and O–H groups in total. The van der Waals surface area contributed by atoms with Gasteiger partial charge in [0.1, 0.15) is 6.10 Å². The van der Waals surface area contributed by atoms with Crippen LogP contribution in [-0.2, 0) is 16.0 Å². The van der Waals surface area contributed by atoms with Crippen LogP contribution in [0.1, 0.15) is 42.9 Å². The molecule has 1 aliphatic heterocycles. The van der Waals surface area contributed by atoms with Crippen LogP contribution in [0.4, 0.5) is 0 Å². The summed E-state index contributed by atoms with van der Waals surface area (Å²) in [5.74, 6) is 0.186. The van der Waals surface area contributed by atoms with Crippen LogP contribution in [0, 0.1) is 5.41 Å². The molecule has 0 unspecified atom stereocenters. The summed E-state index contributed by atoms with van der Waals surface area (Å²) >= 11 is 0. The Bertz CT molecular complexity index is 713. The molecule has 1 amide bonds.